The van der Waals surface area contributed by atoms with E-state index in [4.69, 9.17) is 5.73 Å². The van der Waals surface area contributed by atoms with Crippen LogP contribution in [-0.4, -0.2) is 16.9 Å². The predicted octanol–water partition coefficient (Wildman–Crippen LogP) is 2.71. The molecule has 0 radical (unpaired) electrons. The maximum Gasteiger partial charge on any atom is 0.251 e. The molecule has 0 aliphatic heterocycles. The van der Waals surface area contributed by atoms with Crippen LogP contribution in [0.2, 0.25) is 0 Å². The summed E-state index contributed by atoms with van der Waals surface area (Å²) in [5, 5.41) is 3.23. The van der Waals surface area contributed by atoms with Gasteiger partial charge in [0.25, 0.3) is 5.91 Å². The summed E-state index contributed by atoms with van der Waals surface area (Å²) in [5.41, 5.74) is 7.34. The van der Waals surface area contributed by atoms with Gasteiger partial charge in [-0.15, -0.1) is 0 Å². The Kier molecular flexibility index (Phi) is 3.40. The molecule has 1 heterocycles. The van der Waals surface area contributed by atoms with E-state index in [9.17, 15) is 4.79 Å². The lowest BCUT2D eigenvalue weighted by Gasteiger charge is -2.18. The number of nitrogens with one attached hydrogen (secondary N) is 1. The number of carbonyl (C=O) groups excluding carboxylic acids is 1. The Morgan fingerprint density at radius 2 is 1.85 bits per heavy atom. The normalized spacial score (nSPS) is 18.6. The zero-order valence-corrected chi connectivity index (χ0v) is 12.2. The topological polar surface area (TPSA) is 68.0 Å². The molecule has 3 N–H and O–H groups in total. The molecule has 2 saturated carbocycles. The molecule has 4 heteroatoms. The highest BCUT2D eigenvalue weighted by molar-refractivity contribution is 5.95. The van der Waals surface area contributed by atoms with Gasteiger partial charge in [0.1, 0.15) is 5.82 Å². The minimum Gasteiger partial charge on any atom is -0.384 e. The van der Waals surface area contributed by atoms with Crippen LogP contribution < -0.4 is 11.1 Å². The maximum absolute atomic E-state index is 12.5. The van der Waals surface area contributed by atoms with Crippen molar-refractivity contribution in [2.24, 2.45) is 11.8 Å². The van der Waals surface area contributed by atoms with E-state index < -0.39 is 0 Å². The van der Waals surface area contributed by atoms with E-state index in [1.807, 2.05) is 6.07 Å². The Morgan fingerprint density at radius 1 is 1.25 bits per heavy atom. The van der Waals surface area contributed by atoms with E-state index in [-0.39, 0.29) is 11.8 Å². The highest BCUT2D eigenvalue weighted by Gasteiger charge is 2.42. The lowest BCUT2D eigenvalue weighted by molar-refractivity contribution is 0.0926. The van der Waals surface area contributed by atoms with E-state index in [0.29, 0.717) is 29.3 Å². The highest BCUT2D eigenvalue weighted by Crippen LogP contribution is 2.44. The van der Waals surface area contributed by atoms with Gasteiger partial charge in [-0.25, -0.2) is 4.98 Å². The fourth-order valence-electron chi connectivity index (χ4n) is 2.77. The first-order valence-electron chi connectivity index (χ1n) is 7.63. The summed E-state index contributed by atoms with van der Waals surface area (Å²) in [6.45, 7) is 4.11. The van der Waals surface area contributed by atoms with Crippen LogP contribution in [0, 0.1) is 11.8 Å². The molecule has 0 atom stereocenters. The summed E-state index contributed by atoms with van der Waals surface area (Å²) >= 11 is 0. The van der Waals surface area contributed by atoms with Gasteiger partial charge in [-0.05, 0) is 55.6 Å². The molecule has 0 unspecified atom stereocenters. The molecule has 0 saturated heterocycles. The standard InChI is InChI=1S/C16H23N3O/c1-9(2)13-7-12(8-14(17)18-13)16(20)19-15(10-3-4-10)11-5-6-11/h7-11,15H,3-6H2,1-2H3,(H2,17,18)(H,19,20). The van der Waals surface area contributed by atoms with Gasteiger partial charge in [-0.3, -0.25) is 4.79 Å². The van der Waals surface area contributed by atoms with Crippen molar-refractivity contribution in [3.05, 3.63) is 23.4 Å². The van der Waals surface area contributed by atoms with Gasteiger partial charge in [0, 0.05) is 17.3 Å². The van der Waals surface area contributed by atoms with Gasteiger partial charge in [0.15, 0.2) is 0 Å². The van der Waals surface area contributed by atoms with E-state index in [1.54, 1.807) is 6.07 Å². The van der Waals surface area contributed by atoms with Crippen LogP contribution in [0.25, 0.3) is 0 Å². The quantitative estimate of drug-likeness (QED) is 0.866. The van der Waals surface area contributed by atoms with Gasteiger partial charge in [-0.2, -0.15) is 0 Å². The zero-order valence-electron chi connectivity index (χ0n) is 12.2. The largest absolute Gasteiger partial charge is 0.384 e. The van der Waals surface area contributed by atoms with Crippen LogP contribution in [0.15, 0.2) is 12.1 Å². The van der Waals surface area contributed by atoms with Crippen molar-refractivity contribution in [2.75, 3.05) is 5.73 Å². The number of rotatable bonds is 5. The molecule has 108 valence electrons. The maximum atomic E-state index is 12.5. The third-order valence-corrected chi connectivity index (χ3v) is 4.28. The number of nitrogens with two attached hydrogens (primary N) is 1. The van der Waals surface area contributed by atoms with Crippen molar-refractivity contribution in [3.63, 3.8) is 0 Å². The Balaban J connectivity index is 1.75. The smallest absolute Gasteiger partial charge is 0.251 e. The second kappa shape index (κ2) is 5.08. The van der Waals surface area contributed by atoms with Crippen LogP contribution in [0.3, 0.4) is 0 Å². The number of nitrogens with zero attached hydrogens (tertiary/aromatic N) is 1. The Hall–Kier alpha value is -1.58. The number of anilines is 1. The minimum absolute atomic E-state index is 0.00444. The number of amides is 1. The molecule has 1 aromatic rings. The summed E-state index contributed by atoms with van der Waals surface area (Å²) < 4.78 is 0. The predicted molar refractivity (Wildman–Crippen MR) is 79.4 cm³/mol. The first kappa shape index (κ1) is 13.4. The second-order valence-electron chi connectivity index (χ2n) is 6.53. The van der Waals surface area contributed by atoms with Crippen molar-refractivity contribution in [3.8, 4) is 0 Å². The third kappa shape index (κ3) is 2.94. The average molecular weight is 273 g/mol. The molecule has 20 heavy (non-hydrogen) atoms. The van der Waals surface area contributed by atoms with Crippen molar-refractivity contribution in [2.45, 2.75) is 51.5 Å². The second-order valence-corrected chi connectivity index (χ2v) is 6.53. The molecule has 1 amide bonds. The lowest BCUT2D eigenvalue weighted by atomic mass is 10.0. The van der Waals surface area contributed by atoms with E-state index in [2.05, 4.69) is 24.1 Å². The Morgan fingerprint density at radius 3 is 2.35 bits per heavy atom. The average Bonchev–Trinajstić information content (AvgIpc) is 3.27. The molecule has 2 aliphatic carbocycles. The van der Waals surface area contributed by atoms with Crippen molar-refractivity contribution >= 4 is 11.7 Å². The fourth-order valence-corrected chi connectivity index (χ4v) is 2.77. The van der Waals surface area contributed by atoms with Crippen LogP contribution in [0.4, 0.5) is 5.82 Å². The molecule has 4 nitrogen and oxygen atoms in total. The molecule has 0 bridgehead atoms. The lowest BCUT2D eigenvalue weighted by Crippen LogP contribution is -2.38. The highest BCUT2D eigenvalue weighted by atomic mass is 16.1. The summed E-state index contributed by atoms with van der Waals surface area (Å²) in [7, 11) is 0. The van der Waals surface area contributed by atoms with Gasteiger partial charge < -0.3 is 11.1 Å². The van der Waals surface area contributed by atoms with Crippen LogP contribution in [0.5, 0.6) is 0 Å². The molecule has 2 aliphatic rings. The number of nitrogen functional groups attached to an aromatic ring is 1. The van der Waals surface area contributed by atoms with Crippen molar-refractivity contribution < 1.29 is 4.79 Å². The molecule has 2 fully saturated rings. The van der Waals surface area contributed by atoms with E-state index in [0.717, 1.165) is 5.69 Å². The molecular formula is C16H23N3O. The third-order valence-electron chi connectivity index (χ3n) is 4.28. The first-order valence-corrected chi connectivity index (χ1v) is 7.63. The molecular weight excluding hydrogens is 250 g/mol. The Labute approximate surface area is 120 Å². The number of carbonyl (C=O) groups is 1. The Bertz CT molecular complexity index is 506. The summed E-state index contributed by atoms with van der Waals surface area (Å²) in [6.07, 6.45) is 5.04. The van der Waals surface area contributed by atoms with Gasteiger partial charge >= 0.3 is 0 Å². The van der Waals surface area contributed by atoms with Gasteiger partial charge in [-0.1, -0.05) is 13.8 Å². The SMILES string of the molecule is CC(C)c1cc(C(=O)NC(C2CC2)C2CC2)cc(N)n1. The molecule has 0 aromatic carbocycles. The van der Waals surface area contributed by atoms with E-state index in [1.165, 1.54) is 25.7 Å². The summed E-state index contributed by atoms with van der Waals surface area (Å²) in [6, 6.07) is 3.92. The van der Waals surface area contributed by atoms with E-state index >= 15 is 0 Å². The zero-order chi connectivity index (χ0) is 14.3. The van der Waals surface area contributed by atoms with Crippen molar-refractivity contribution in [1.29, 1.82) is 0 Å². The number of pyridine rings is 1. The molecule has 0 spiro atoms. The monoisotopic (exact) mass is 273 g/mol. The van der Waals surface area contributed by atoms with Crippen LogP contribution in [-0.2, 0) is 0 Å². The first-order chi connectivity index (χ1) is 9.54. The number of hydrogen-bond acceptors (Lipinski definition) is 3. The van der Waals surface area contributed by atoms with Gasteiger partial charge in [0.05, 0.1) is 0 Å². The number of aromatic nitrogens is 1. The van der Waals surface area contributed by atoms with Crippen molar-refractivity contribution in [1.82, 2.24) is 10.3 Å². The minimum atomic E-state index is 0.00444. The molecule has 1 aromatic heterocycles. The fraction of sp³-hybridized carbons (Fsp3) is 0.625. The van der Waals surface area contributed by atoms with Gasteiger partial charge in [0.2, 0.25) is 0 Å². The summed E-state index contributed by atoms with van der Waals surface area (Å²) in [5.74, 6) is 2.11. The molecule has 3 rings (SSSR count). The summed E-state index contributed by atoms with van der Waals surface area (Å²) in [4.78, 5) is 16.7. The van der Waals surface area contributed by atoms with Crippen LogP contribution in [0.1, 0.15) is 61.5 Å². The van der Waals surface area contributed by atoms with Crippen LogP contribution >= 0.6 is 0 Å². The number of hydrogen-bond donors (Lipinski definition) is 2.